The molecule has 0 saturated carbocycles. The van der Waals surface area contributed by atoms with E-state index in [2.05, 4.69) is 16.0 Å². The number of anilines is 1. The summed E-state index contributed by atoms with van der Waals surface area (Å²) in [5.74, 6) is 0.939. The number of piperidine rings is 1. The smallest absolute Gasteiger partial charge is 0.128 e. The van der Waals surface area contributed by atoms with Gasteiger partial charge in [0.2, 0.25) is 0 Å². The number of pyridine rings is 1. The van der Waals surface area contributed by atoms with Crippen LogP contribution in [0.15, 0.2) is 24.4 Å². The van der Waals surface area contributed by atoms with Gasteiger partial charge < -0.3 is 10.6 Å². The highest BCUT2D eigenvalue weighted by atomic mass is 35.5. The molecule has 0 aromatic carbocycles. The van der Waals surface area contributed by atoms with Crippen molar-refractivity contribution in [3.8, 4) is 6.07 Å². The van der Waals surface area contributed by atoms with E-state index in [1.807, 2.05) is 18.2 Å². The van der Waals surface area contributed by atoms with Crippen molar-refractivity contribution in [2.24, 2.45) is 11.7 Å². The molecule has 2 N–H and O–H groups in total. The number of aromatic nitrogens is 1. The summed E-state index contributed by atoms with van der Waals surface area (Å²) < 4.78 is 0. The van der Waals surface area contributed by atoms with Crippen molar-refractivity contribution in [1.29, 1.82) is 5.26 Å². The van der Waals surface area contributed by atoms with Crippen LogP contribution in [0.1, 0.15) is 6.42 Å². The Morgan fingerprint density at radius 3 is 2.88 bits per heavy atom. The lowest BCUT2D eigenvalue weighted by Gasteiger charge is -2.34. The van der Waals surface area contributed by atoms with Crippen LogP contribution >= 0.6 is 12.4 Å². The predicted molar refractivity (Wildman–Crippen MR) is 65.4 cm³/mol. The van der Waals surface area contributed by atoms with Crippen molar-refractivity contribution in [2.75, 3.05) is 18.0 Å². The van der Waals surface area contributed by atoms with E-state index in [1.165, 1.54) is 0 Å². The number of hydrogen-bond acceptors (Lipinski definition) is 4. The zero-order chi connectivity index (χ0) is 10.7. The molecule has 0 amide bonds. The van der Waals surface area contributed by atoms with Gasteiger partial charge in [0.25, 0.3) is 0 Å². The highest BCUT2D eigenvalue weighted by molar-refractivity contribution is 5.85. The summed E-state index contributed by atoms with van der Waals surface area (Å²) >= 11 is 0. The van der Waals surface area contributed by atoms with Crippen molar-refractivity contribution in [3.63, 3.8) is 0 Å². The van der Waals surface area contributed by atoms with Gasteiger partial charge in [0.05, 0.1) is 12.0 Å². The highest BCUT2D eigenvalue weighted by Gasteiger charge is 2.26. The van der Waals surface area contributed by atoms with E-state index in [4.69, 9.17) is 11.0 Å². The Labute approximate surface area is 101 Å². The zero-order valence-corrected chi connectivity index (χ0v) is 9.73. The number of nitriles is 1. The minimum Gasteiger partial charge on any atom is -0.355 e. The van der Waals surface area contributed by atoms with Crippen LogP contribution in [0.2, 0.25) is 0 Å². The average molecular weight is 239 g/mol. The maximum atomic E-state index is 8.85. The van der Waals surface area contributed by atoms with Crippen molar-refractivity contribution in [1.82, 2.24) is 4.98 Å². The van der Waals surface area contributed by atoms with Gasteiger partial charge in [-0.25, -0.2) is 4.98 Å². The summed E-state index contributed by atoms with van der Waals surface area (Å²) in [5, 5.41) is 8.85. The Hall–Kier alpha value is -1.31. The van der Waals surface area contributed by atoms with Crippen LogP contribution in [-0.2, 0) is 0 Å². The Morgan fingerprint density at radius 1 is 1.50 bits per heavy atom. The number of hydrogen-bond donors (Lipinski definition) is 1. The van der Waals surface area contributed by atoms with Crippen LogP contribution in [0.4, 0.5) is 5.82 Å². The first-order valence-electron chi connectivity index (χ1n) is 5.12. The molecule has 4 nitrogen and oxygen atoms in total. The highest BCUT2D eigenvalue weighted by Crippen LogP contribution is 2.20. The van der Waals surface area contributed by atoms with E-state index in [9.17, 15) is 0 Å². The van der Waals surface area contributed by atoms with Gasteiger partial charge in [0.1, 0.15) is 5.82 Å². The van der Waals surface area contributed by atoms with Crippen molar-refractivity contribution < 1.29 is 0 Å². The second kappa shape index (κ2) is 5.69. The zero-order valence-electron chi connectivity index (χ0n) is 8.91. The quantitative estimate of drug-likeness (QED) is 0.798. The lowest BCUT2D eigenvalue weighted by Crippen LogP contribution is -2.48. The van der Waals surface area contributed by atoms with Crippen LogP contribution in [0.3, 0.4) is 0 Å². The predicted octanol–water partition coefficient (Wildman–Crippen LogP) is 1.18. The molecule has 2 rings (SSSR count). The van der Waals surface area contributed by atoms with E-state index >= 15 is 0 Å². The van der Waals surface area contributed by atoms with Crippen LogP contribution in [0.25, 0.3) is 0 Å². The normalized spacial score (nSPS) is 24.4. The SMILES string of the molecule is Cl.N#CC1CCN(c2ccccn2)CC1N. The van der Waals surface area contributed by atoms with Crippen molar-refractivity contribution in [2.45, 2.75) is 12.5 Å². The molecule has 2 heterocycles. The van der Waals surface area contributed by atoms with Crippen molar-refractivity contribution >= 4 is 18.2 Å². The molecule has 16 heavy (non-hydrogen) atoms. The third kappa shape index (κ3) is 2.63. The standard InChI is InChI=1S/C11H14N4.ClH/c12-7-9-4-6-15(8-10(9)13)11-3-1-2-5-14-11;/h1-3,5,9-10H,4,6,8,13H2;1H. The lowest BCUT2D eigenvalue weighted by molar-refractivity contribution is 0.421. The first kappa shape index (κ1) is 12.8. The first-order valence-corrected chi connectivity index (χ1v) is 5.12. The molecule has 5 heteroatoms. The van der Waals surface area contributed by atoms with Gasteiger partial charge in [-0.3, -0.25) is 0 Å². The van der Waals surface area contributed by atoms with Gasteiger partial charge >= 0.3 is 0 Å². The Bertz CT molecular complexity index is 362. The minimum absolute atomic E-state index is 0. The van der Waals surface area contributed by atoms with E-state index in [-0.39, 0.29) is 24.4 Å². The van der Waals surface area contributed by atoms with Crippen molar-refractivity contribution in [3.05, 3.63) is 24.4 Å². The number of nitrogens with zero attached hydrogens (tertiary/aromatic N) is 3. The van der Waals surface area contributed by atoms with E-state index in [1.54, 1.807) is 6.20 Å². The molecule has 0 radical (unpaired) electrons. The summed E-state index contributed by atoms with van der Waals surface area (Å²) in [6.45, 7) is 1.58. The molecule has 1 aromatic heterocycles. The van der Waals surface area contributed by atoms with E-state index in [0.29, 0.717) is 0 Å². The maximum absolute atomic E-state index is 8.85. The van der Waals surface area contributed by atoms with Gasteiger partial charge in [0, 0.05) is 25.3 Å². The molecule has 1 aliphatic heterocycles. The largest absolute Gasteiger partial charge is 0.355 e. The van der Waals surface area contributed by atoms with Crippen LogP contribution in [0, 0.1) is 17.2 Å². The van der Waals surface area contributed by atoms with Gasteiger partial charge in [-0.05, 0) is 18.6 Å². The summed E-state index contributed by atoms with van der Waals surface area (Å²) in [6.07, 6.45) is 2.60. The monoisotopic (exact) mass is 238 g/mol. The molecule has 86 valence electrons. The second-order valence-electron chi connectivity index (χ2n) is 3.82. The summed E-state index contributed by atoms with van der Waals surface area (Å²) in [5.41, 5.74) is 5.93. The molecule has 1 fully saturated rings. The Kier molecular flexibility index (Phi) is 4.53. The summed E-state index contributed by atoms with van der Waals surface area (Å²) in [4.78, 5) is 6.41. The van der Waals surface area contributed by atoms with Crippen LogP contribution in [0.5, 0.6) is 0 Å². The average Bonchev–Trinajstić information content (AvgIpc) is 2.30. The van der Waals surface area contributed by atoms with Gasteiger partial charge in [-0.1, -0.05) is 6.07 Å². The van der Waals surface area contributed by atoms with Gasteiger partial charge in [-0.2, -0.15) is 5.26 Å². The third-order valence-electron chi connectivity index (χ3n) is 2.80. The van der Waals surface area contributed by atoms with E-state index < -0.39 is 0 Å². The fourth-order valence-corrected chi connectivity index (χ4v) is 1.89. The maximum Gasteiger partial charge on any atom is 0.128 e. The molecule has 2 unspecified atom stereocenters. The molecule has 1 saturated heterocycles. The first-order chi connectivity index (χ1) is 7.31. The minimum atomic E-state index is -0.0641. The number of nitrogens with two attached hydrogens (primary N) is 1. The number of rotatable bonds is 1. The van der Waals surface area contributed by atoms with E-state index in [0.717, 1.165) is 25.3 Å². The van der Waals surface area contributed by atoms with Crippen LogP contribution < -0.4 is 10.6 Å². The fourth-order valence-electron chi connectivity index (χ4n) is 1.89. The molecular weight excluding hydrogens is 224 g/mol. The molecule has 1 aliphatic rings. The topological polar surface area (TPSA) is 65.9 Å². The lowest BCUT2D eigenvalue weighted by atomic mass is 9.94. The molecule has 1 aromatic rings. The summed E-state index contributed by atoms with van der Waals surface area (Å²) in [6, 6.07) is 8.02. The molecule has 0 bridgehead atoms. The third-order valence-corrected chi connectivity index (χ3v) is 2.80. The van der Waals surface area contributed by atoms with Gasteiger partial charge in [0.15, 0.2) is 0 Å². The molecule has 0 spiro atoms. The number of halogens is 1. The second-order valence-corrected chi connectivity index (χ2v) is 3.82. The molecular formula is C11H15ClN4. The Morgan fingerprint density at radius 2 is 2.31 bits per heavy atom. The van der Waals surface area contributed by atoms with Crippen LogP contribution in [-0.4, -0.2) is 24.1 Å². The molecule has 0 aliphatic carbocycles. The van der Waals surface area contributed by atoms with Gasteiger partial charge in [-0.15, -0.1) is 12.4 Å². The fraction of sp³-hybridized carbons (Fsp3) is 0.455. The Balaban J connectivity index is 0.00000128. The molecule has 2 atom stereocenters. The summed E-state index contributed by atoms with van der Waals surface area (Å²) in [7, 11) is 0.